The molecule has 0 aliphatic carbocycles. The first kappa shape index (κ1) is 17.6. The van der Waals surface area contributed by atoms with Crippen molar-refractivity contribution in [2.45, 2.75) is 13.8 Å². The van der Waals surface area contributed by atoms with Crippen LogP contribution in [-0.4, -0.2) is 36.1 Å². The molecule has 0 fully saturated rings. The minimum absolute atomic E-state index is 0.296. The molecule has 0 spiro atoms. The van der Waals surface area contributed by atoms with E-state index in [0.29, 0.717) is 46.6 Å². The van der Waals surface area contributed by atoms with Crippen LogP contribution >= 0.6 is 0 Å². The topological polar surface area (TPSA) is 74.1 Å². The average Bonchev–Trinajstić information content (AvgIpc) is 2.98. The monoisotopic (exact) mass is 355 g/mol. The van der Waals surface area contributed by atoms with Crippen molar-refractivity contribution in [3.05, 3.63) is 47.9 Å². The van der Waals surface area contributed by atoms with Gasteiger partial charge in [0.1, 0.15) is 17.2 Å². The van der Waals surface area contributed by atoms with Crippen LogP contribution in [0.1, 0.15) is 23.1 Å². The number of methoxy groups -OCH3 is 2. The van der Waals surface area contributed by atoms with Crippen molar-refractivity contribution in [3.8, 4) is 17.2 Å². The fourth-order valence-corrected chi connectivity index (χ4v) is 2.79. The Morgan fingerprint density at radius 3 is 2.69 bits per heavy atom. The van der Waals surface area contributed by atoms with E-state index in [1.54, 1.807) is 49.9 Å². The maximum absolute atomic E-state index is 12.9. The van der Waals surface area contributed by atoms with Crippen molar-refractivity contribution >= 4 is 17.2 Å². The van der Waals surface area contributed by atoms with Gasteiger partial charge in [-0.1, -0.05) is 0 Å². The number of aromatic nitrogens is 2. The van der Waals surface area contributed by atoms with Crippen LogP contribution in [0.5, 0.6) is 17.2 Å². The predicted molar refractivity (Wildman–Crippen MR) is 98.6 cm³/mol. The number of benzene rings is 1. The smallest absolute Gasteiger partial charge is 0.274 e. The van der Waals surface area contributed by atoms with Crippen LogP contribution in [0.2, 0.25) is 0 Å². The number of carbonyl (C=O) groups is 1. The van der Waals surface area contributed by atoms with E-state index in [-0.39, 0.29) is 5.91 Å². The molecule has 0 aliphatic heterocycles. The zero-order valence-electron chi connectivity index (χ0n) is 15.2. The molecule has 0 unspecified atom stereocenters. The Balaban J connectivity index is 2.01. The molecular formula is C19H21N3O4. The van der Waals surface area contributed by atoms with E-state index in [2.05, 4.69) is 10.3 Å². The number of hydrogen-bond acceptors (Lipinski definition) is 5. The van der Waals surface area contributed by atoms with Gasteiger partial charge in [-0.3, -0.25) is 9.20 Å². The van der Waals surface area contributed by atoms with Crippen molar-refractivity contribution in [1.29, 1.82) is 0 Å². The largest absolute Gasteiger partial charge is 0.497 e. The third-order valence-corrected chi connectivity index (χ3v) is 3.96. The molecule has 3 rings (SSSR count). The molecule has 2 aromatic heterocycles. The lowest BCUT2D eigenvalue weighted by Crippen LogP contribution is -2.16. The van der Waals surface area contributed by atoms with Gasteiger partial charge in [0, 0.05) is 12.3 Å². The summed E-state index contributed by atoms with van der Waals surface area (Å²) in [4.78, 5) is 17.4. The zero-order chi connectivity index (χ0) is 18.7. The van der Waals surface area contributed by atoms with Crippen LogP contribution in [0.4, 0.5) is 5.69 Å². The van der Waals surface area contributed by atoms with Crippen LogP contribution in [0, 0.1) is 6.92 Å². The van der Waals surface area contributed by atoms with Gasteiger partial charge in [0.05, 0.1) is 32.2 Å². The predicted octanol–water partition coefficient (Wildman–Crippen LogP) is 3.31. The minimum atomic E-state index is -0.296. The summed E-state index contributed by atoms with van der Waals surface area (Å²) < 4.78 is 17.9. The van der Waals surface area contributed by atoms with Gasteiger partial charge in [-0.25, -0.2) is 4.98 Å². The molecule has 2 heterocycles. The normalized spacial score (nSPS) is 10.6. The standard InChI is InChI=1S/C19H21N3O4/c1-5-26-16-7-6-10-22-17(12(2)20-18(16)22)19(23)21-14-11-13(24-3)8-9-15(14)25-4/h6-11H,5H2,1-4H3,(H,21,23). The van der Waals surface area contributed by atoms with Crippen molar-refractivity contribution < 1.29 is 19.0 Å². The van der Waals surface area contributed by atoms with Crippen LogP contribution in [0.25, 0.3) is 5.65 Å². The highest BCUT2D eigenvalue weighted by atomic mass is 16.5. The molecule has 1 aromatic carbocycles. The summed E-state index contributed by atoms with van der Waals surface area (Å²) in [6.45, 7) is 4.22. The van der Waals surface area contributed by atoms with Gasteiger partial charge in [-0.05, 0) is 38.1 Å². The van der Waals surface area contributed by atoms with Gasteiger partial charge >= 0.3 is 0 Å². The molecule has 7 nitrogen and oxygen atoms in total. The summed E-state index contributed by atoms with van der Waals surface area (Å²) in [5.74, 6) is 1.50. The van der Waals surface area contributed by atoms with Crippen LogP contribution in [-0.2, 0) is 0 Å². The number of pyridine rings is 1. The molecule has 0 aliphatic rings. The molecule has 0 saturated carbocycles. The number of fused-ring (bicyclic) bond motifs is 1. The lowest BCUT2D eigenvalue weighted by atomic mass is 10.2. The molecule has 26 heavy (non-hydrogen) atoms. The van der Waals surface area contributed by atoms with Gasteiger partial charge in [-0.15, -0.1) is 0 Å². The second kappa shape index (κ2) is 7.35. The highest BCUT2D eigenvalue weighted by Crippen LogP contribution is 2.30. The van der Waals surface area contributed by atoms with E-state index >= 15 is 0 Å². The number of nitrogens with zero attached hydrogens (tertiary/aromatic N) is 2. The Kier molecular flexibility index (Phi) is 4.97. The molecular weight excluding hydrogens is 334 g/mol. The number of hydrogen-bond donors (Lipinski definition) is 1. The molecule has 3 aromatic rings. The third kappa shape index (κ3) is 3.15. The van der Waals surface area contributed by atoms with E-state index in [9.17, 15) is 4.79 Å². The van der Waals surface area contributed by atoms with Crippen molar-refractivity contribution in [2.75, 3.05) is 26.1 Å². The maximum atomic E-state index is 12.9. The number of imidazole rings is 1. The summed E-state index contributed by atoms with van der Waals surface area (Å²) in [5.41, 5.74) is 2.17. The highest BCUT2D eigenvalue weighted by Gasteiger charge is 2.20. The van der Waals surface area contributed by atoms with Crippen molar-refractivity contribution in [3.63, 3.8) is 0 Å². The van der Waals surface area contributed by atoms with Crippen molar-refractivity contribution in [2.24, 2.45) is 0 Å². The molecule has 0 radical (unpaired) electrons. The second-order valence-electron chi connectivity index (χ2n) is 5.57. The SMILES string of the molecule is CCOc1cccn2c(C(=O)Nc3cc(OC)ccc3OC)c(C)nc12. The van der Waals surface area contributed by atoms with E-state index < -0.39 is 0 Å². The highest BCUT2D eigenvalue weighted by molar-refractivity contribution is 6.05. The third-order valence-electron chi connectivity index (χ3n) is 3.96. The molecule has 136 valence electrons. The summed E-state index contributed by atoms with van der Waals surface area (Å²) >= 11 is 0. The molecule has 0 atom stereocenters. The van der Waals surface area contributed by atoms with Gasteiger partial charge < -0.3 is 19.5 Å². The first-order valence-electron chi connectivity index (χ1n) is 8.22. The molecule has 7 heteroatoms. The average molecular weight is 355 g/mol. The van der Waals surface area contributed by atoms with Gasteiger partial charge in [0.25, 0.3) is 5.91 Å². The Bertz CT molecular complexity index is 949. The number of rotatable bonds is 6. The van der Waals surface area contributed by atoms with Crippen LogP contribution in [0.15, 0.2) is 36.5 Å². The quantitative estimate of drug-likeness (QED) is 0.734. The summed E-state index contributed by atoms with van der Waals surface area (Å²) in [6, 6.07) is 8.87. The van der Waals surface area contributed by atoms with Crippen LogP contribution in [0.3, 0.4) is 0 Å². The Labute approximate surface area is 151 Å². The van der Waals surface area contributed by atoms with Crippen LogP contribution < -0.4 is 19.5 Å². The maximum Gasteiger partial charge on any atom is 0.274 e. The van der Waals surface area contributed by atoms with E-state index in [1.165, 1.54) is 0 Å². The molecule has 0 saturated heterocycles. The lowest BCUT2D eigenvalue weighted by molar-refractivity contribution is 0.102. The number of anilines is 1. The summed E-state index contributed by atoms with van der Waals surface area (Å²) in [5, 5.41) is 2.88. The minimum Gasteiger partial charge on any atom is -0.497 e. The summed E-state index contributed by atoms with van der Waals surface area (Å²) in [6.07, 6.45) is 1.79. The fourth-order valence-electron chi connectivity index (χ4n) is 2.79. The Morgan fingerprint density at radius 1 is 1.19 bits per heavy atom. The first-order valence-corrected chi connectivity index (χ1v) is 8.22. The number of nitrogens with one attached hydrogen (secondary N) is 1. The zero-order valence-corrected chi connectivity index (χ0v) is 15.2. The Morgan fingerprint density at radius 2 is 2.00 bits per heavy atom. The Hall–Kier alpha value is -3.22. The number of carbonyl (C=O) groups excluding carboxylic acids is 1. The molecule has 1 amide bonds. The second-order valence-corrected chi connectivity index (χ2v) is 5.57. The lowest BCUT2D eigenvalue weighted by Gasteiger charge is -2.12. The number of amides is 1. The number of aryl methyl sites for hydroxylation is 1. The van der Waals surface area contributed by atoms with Gasteiger partial charge in [0.15, 0.2) is 11.4 Å². The summed E-state index contributed by atoms with van der Waals surface area (Å²) in [7, 11) is 3.11. The first-order chi connectivity index (χ1) is 12.6. The van der Waals surface area contributed by atoms with E-state index in [4.69, 9.17) is 14.2 Å². The fraction of sp³-hybridized carbons (Fsp3) is 0.263. The van der Waals surface area contributed by atoms with Crippen molar-refractivity contribution in [1.82, 2.24) is 9.38 Å². The van der Waals surface area contributed by atoms with Gasteiger partial charge in [0.2, 0.25) is 0 Å². The van der Waals surface area contributed by atoms with E-state index in [1.807, 2.05) is 19.1 Å². The van der Waals surface area contributed by atoms with Gasteiger partial charge in [-0.2, -0.15) is 0 Å². The molecule has 0 bridgehead atoms. The van der Waals surface area contributed by atoms with E-state index in [0.717, 1.165) is 0 Å². The number of ether oxygens (including phenoxy) is 3. The molecule has 1 N–H and O–H groups in total.